The van der Waals surface area contributed by atoms with Gasteiger partial charge in [-0.3, -0.25) is 9.59 Å². The number of fused-ring (bicyclic) bond motifs is 1. The number of thiazole rings is 1. The Hall–Kier alpha value is -2.34. The molecule has 0 spiro atoms. The number of aromatic nitrogens is 1. The predicted molar refractivity (Wildman–Crippen MR) is 97.4 cm³/mol. The largest absolute Gasteiger partial charge is 0.468 e. The fourth-order valence-electron chi connectivity index (χ4n) is 2.20. The molecule has 8 nitrogen and oxygen atoms in total. The van der Waals surface area contributed by atoms with Crippen LogP contribution in [0.25, 0.3) is 10.2 Å². The monoisotopic (exact) mass is 411 g/mol. The molecule has 0 bridgehead atoms. The molecule has 11 heteroatoms. The van der Waals surface area contributed by atoms with Gasteiger partial charge in [0.1, 0.15) is 6.54 Å². The zero-order valence-electron chi connectivity index (χ0n) is 13.4. The number of amides is 1. The van der Waals surface area contributed by atoms with Gasteiger partial charge in [0.2, 0.25) is 10.0 Å². The van der Waals surface area contributed by atoms with Gasteiger partial charge in [-0.25, -0.2) is 13.6 Å². The van der Waals surface area contributed by atoms with Crippen molar-refractivity contribution in [1.82, 2.24) is 4.57 Å². The third-order valence-electron chi connectivity index (χ3n) is 3.43. The first-order valence-electron chi connectivity index (χ1n) is 7.15. The summed E-state index contributed by atoms with van der Waals surface area (Å²) in [6, 6.07) is 7.62. The summed E-state index contributed by atoms with van der Waals surface area (Å²) in [4.78, 5) is 28.8. The number of hydrogen-bond acceptors (Lipinski definition) is 7. The zero-order valence-corrected chi connectivity index (χ0v) is 15.9. The Kier molecular flexibility index (Phi) is 5.05. The highest BCUT2D eigenvalue weighted by molar-refractivity contribution is 7.89. The maximum atomic E-state index is 12.3. The minimum Gasteiger partial charge on any atom is -0.468 e. The van der Waals surface area contributed by atoms with Crippen LogP contribution in [0.2, 0.25) is 0 Å². The lowest BCUT2D eigenvalue weighted by Crippen LogP contribution is -2.22. The van der Waals surface area contributed by atoms with E-state index in [9.17, 15) is 18.0 Å². The van der Waals surface area contributed by atoms with Gasteiger partial charge < -0.3 is 9.30 Å². The molecule has 0 aliphatic heterocycles. The number of benzene rings is 1. The first-order valence-corrected chi connectivity index (χ1v) is 10.4. The van der Waals surface area contributed by atoms with Crippen LogP contribution < -0.4 is 9.94 Å². The van der Waals surface area contributed by atoms with Gasteiger partial charge in [0.05, 0.1) is 27.1 Å². The van der Waals surface area contributed by atoms with Crippen molar-refractivity contribution in [3.05, 3.63) is 45.4 Å². The zero-order chi connectivity index (χ0) is 18.9. The lowest BCUT2D eigenvalue weighted by molar-refractivity contribution is -0.141. The van der Waals surface area contributed by atoms with E-state index in [1.54, 1.807) is 17.5 Å². The normalized spacial score (nSPS) is 12.5. The van der Waals surface area contributed by atoms with Crippen LogP contribution in [-0.2, 0) is 26.1 Å². The molecule has 0 unspecified atom stereocenters. The molecule has 0 saturated heterocycles. The van der Waals surface area contributed by atoms with Crippen molar-refractivity contribution in [2.24, 2.45) is 10.1 Å². The van der Waals surface area contributed by atoms with Crippen LogP contribution in [0.5, 0.6) is 0 Å². The molecule has 2 aromatic heterocycles. The first-order chi connectivity index (χ1) is 12.3. The van der Waals surface area contributed by atoms with Crippen molar-refractivity contribution >= 4 is 54.8 Å². The number of thiophene rings is 1. The second-order valence-corrected chi connectivity index (χ2v) is 8.63. The molecule has 0 radical (unpaired) electrons. The summed E-state index contributed by atoms with van der Waals surface area (Å²) in [5.41, 5.74) is 0.547. The van der Waals surface area contributed by atoms with Gasteiger partial charge >= 0.3 is 5.97 Å². The highest BCUT2D eigenvalue weighted by Gasteiger charge is 2.15. The third-order valence-corrected chi connectivity index (χ3v) is 6.24. The second kappa shape index (κ2) is 7.11. The number of esters is 1. The van der Waals surface area contributed by atoms with E-state index in [2.05, 4.69) is 9.73 Å². The number of primary sulfonamides is 1. The average Bonchev–Trinajstić information content (AvgIpc) is 3.22. The Bertz CT molecular complexity index is 1160. The Morgan fingerprint density at radius 3 is 2.69 bits per heavy atom. The van der Waals surface area contributed by atoms with E-state index in [1.165, 1.54) is 41.2 Å². The lowest BCUT2D eigenvalue weighted by atomic mass is 10.3. The van der Waals surface area contributed by atoms with Crippen LogP contribution in [-0.4, -0.2) is 32.0 Å². The number of sulfonamides is 1. The molecular formula is C15H13N3O5S3. The minimum absolute atomic E-state index is 0.0624. The number of nitrogens with two attached hydrogens (primary N) is 1. The first kappa shape index (κ1) is 18.5. The maximum Gasteiger partial charge on any atom is 0.325 e. The fourth-order valence-corrected chi connectivity index (χ4v) is 4.49. The molecule has 0 aliphatic carbocycles. The highest BCUT2D eigenvalue weighted by atomic mass is 32.2. The number of rotatable bonds is 4. The van der Waals surface area contributed by atoms with E-state index in [4.69, 9.17) is 5.14 Å². The molecule has 2 N–H and O–H groups in total. The number of carbonyl (C=O) groups is 2. The summed E-state index contributed by atoms with van der Waals surface area (Å²) in [5, 5.41) is 6.92. The fraction of sp³-hybridized carbons (Fsp3) is 0.133. The molecule has 0 aliphatic rings. The van der Waals surface area contributed by atoms with Gasteiger partial charge in [0.25, 0.3) is 5.91 Å². The van der Waals surface area contributed by atoms with Crippen molar-refractivity contribution < 1.29 is 22.7 Å². The second-order valence-electron chi connectivity index (χ2n) is 5.12. The van der Waals surface area contributed by atoms with Crippen LogP contribution in [0.3, 0.4) is 0 Å². The topological polar surface area (TPSA) is 121 Å². The molecule has 1 amide bonds. The quantitative estimate of drug-likeness (QED) is 0.649. The van der Waals surface area contributed by atoms with Crippen LogP contribution in [0.4, 0.5) is 0 Å². The maximum absolute atomic E-state index is 12.3. The molecule has 2 heterocycles. The number of ether oxygens (including phenoxy) is 1. The molecule has 3 aromatic rings. The van der Waals surface area contributed by atoms with E-state index in [0.717, 1.165) is 11.3 Å². The van der Waals surface area contributed by atoms with Gasteiger partial charge in [0.15, 0.2) is 4.80 Å². The number of hydrogen-bond donors (Lipinski definition) is 1. The van der Waals surface area contributed by atoms with Gasteiger partial charge in [-0.2, -0.15) is 4.99 Å². The van der Waals surface area contributed by atoms with E-state index >= 15 is 0 Å². The van der Waals surface area contributed by atoms with Crippen LogP contribution in [0.1, 0.15) is 9.67 Å². The number of nitrogens with zero attached hydrogens (tertiary/aromatic N) is 2. The molecule has 136 valence electrons. The molecule has 3 rings (SSSR count). The summed E-state index contributed by atoms with van der Waals surface area (Å²) in [7, 11) is -2.62. The van der Waals surface area contributed by atoms with Crippen LogP contribution in [0.15, 0.2) is 45.6 Å². The molecule has 0 fully saturated rings. The van der Waals surface area contributed by atoms with Crippen LogP contribution >= 0.6 is 22.7 Å². The summed E-state index contributed by atoms with van der Waals surface area (Å²) in [6.45, 7) is -0.165. The summed E-state index contributed by atoms with van der Waals surface area (Å²) in [6.07, 6.45) is 0. The van der Waals surface area contributed by atoms with E-state index in [1.807, 2.05) is 0 Å². The molecule has 26 heavy (non-hydrogen) atoms. The Morgan fingerprint density at radius 1 is 1.31 bits per heavy atom. The van der Waals surface area contributed by atoms with Crippen LogP contribution in [0, 0.1) is 0 Å². The highest BCUT2D eigenvalue weighted by Crippen LogP contribution is 2.21. The van der Waals surface area contributed by atoms with Crippen molar-refractivity contribution in [1.29, 1.82) is 0 Å². The molecule has 0 saturated carbocycles. The summed E-state index contributed by atoms with van der Waals surface area (Å²) >= 11 is 2.34. The van der Waals surface area contributed by atoms with Crippen molar-refractivity contribution in [3.63, 3.8) is 0 Å². The Labute approximate surface area is 156 Å². The average molecular weight is 411 g/mol. The number of methoxy groups -OCH3 is 1. The lowest BCUT2D eigenvalue weighted by Gasteiger charge is -2.04. The van der Waals surface area contributed by atoms with Crippen molar-refractivity contribution in [2.45, 2.75) is 11.4 Å². The Morgan fingerprint density at radius 2 is 2.08 bits per heavy atom. The smallest absolute Gasteiger partial charge is 0.325 e. The number of carbonyl (C=O) groups excluding carboxylic acids is 2. The molecule has 1 aromatic carbocycles. The standard InChI is InChI=1S/C15H13N3O5S3/c1-23-13(19)8-18-10-5-4-9(26(16,21)22)7-12(10)25-15(18)17-14(20)11-3-2-6-24-11/h2-7H,8H2,1H3,(H2,16,21,22). The van der Waals surface area contributed by atoms with E-state index in [0.29, 0.717) is 15.1 Å². The summed E-state index contributed by atoms with van der Waals surface area (Å²) < 4.78 is 29.8. The SMILES string of the molecule is COC(=O)Cn1c(=NC(=O)c2cccs2)sc2cc(S(N)(=O)=O)ccc21. The minimum atomic E-state index is -3.87. The van der Waals surface area contributed by atoms with E-state index < -0.39 is 21.9 Å². The van der Waals surface area contributed by atoms with Gasteiger partial charge in [-0.15, -0.1) is 11.3 Å². The third kappa shape index (κ3) is 3.75. The van der Waals surface area contributed by atoms with Crippen molar-refractivity contribution in [3.8, 4) is 0 Å². The summed E-state index contributed by atoms with van der Waals surface area (Å²) in [5.74, 6) is -0.970. The van der Waals surface area contributed by atoms with Gasteiger partial charge in [-0.1, -0.05) is 17.4 Å². The van der Waals surface area contributed by atoms with Gasteiger partial charge in [-0.05, 0) is 29.6 Å². The van der Waals surface area contributed by atoms with Crippen molar-refractivity contribution in [2.75, 3.05) is 7.11 Å². The van der Waals surface area contributed by atoms with Gasteiger partial charge in [0, 0.05) is 0 Å². The predicted octanol–water partition coefficient (Wildman–Crippen LogP) is 1.33. The molecular weight excluding hydrogens is 398 g/mol. The Balaban J connectivity index is 2.21. The molecule has 0 atom stereocenters. The van der Waals surface area contributed by atoms with E-state index in [-0.39, 0.29) is 16.2 Å².